The lowest BCUT2D eigenvalue weighted by atomic mass is 10.2. The van der Waals surface area contributed by atoms with Crippen molar-refractivity contribution in [3.63, 3.8) is 0 Å². The second-order valence-electron chi connectivity index (χ2n) is 8.26. The third-order valence-electron chi connectivity index (χ3n) is 4.43. The van der Waals surface area contributed by atoms with Gasteiger partial charge < -0.3 is 4.74 Å². The monoisotopic (exact) mass is 459 g/mol. The van der Waals surface area contributed by atoms with Crippen LogP contribution in [0.4, 0.5) is 0 Å². The molecule has 0 amide bonds. The molecule has 3 rings (SSSR count). The number of benzene rings is 3. The van der Waals surface area contributed by atoms with Gasteiger partial charge in [-0.3, -0.25) is 3.63 Å². The molecule has 0 aromatic heterocycles. The smallest absolute Gasteiger partial charge is 0.390 e. The highest BCUT2D eigenvalue weighted by Crippen LogP contribution is 2.68. The van der Waals surface area contributed by atoms with E-state index in [1.165, 1.54) is 0 Å². The van der Waals surface area contributed by atoms with Gasteiger partial charge in [0.15, 0.2) is 0 Å². The van der Waals surface area contributed by atoms with Crippen molar-refractivity contribution in [3.8, 4) is 5.75 Å². The number of hydrogen-bond acceptors (Lipinski definition) is 3. The fourth-order valence-corrected chi connectivity index (χ4v) is 9.00. The van der Waals surface area contributed by atoms with Crippen LogP contribution in [-0.4, -0.2) is 23.4 Å². The summed E-state index contributed by atoms with van der Waals surface area (Å²) in [6, 6.07) is 27.1. The Bertz CT molecular complexity index is 1050. The Hall–Kier alpha value is -2.28. The lowest BCUT2D eigenvalue weighted by molar-refractivity contribution is 0.130. The van der Waals surface area contributed by atoms with Crippen molar-refractivity contribution < 1.29 is 16.8 Å². The first kappa shape index (κ1) is 23.4. The zero-order valence-corrected chi connectivity index (χ0v) is 20.1. The molecule has 166 valence electrons. The van der Waals surface area contributed by atoms with Gasteiger partial charge in [0.25, 0.3) is 0 Å². The van der Waals surface area contributed by atoms with Crippen LogP contribution in [0.2, 0.25) is 0 Å². The second kappa shape index (κ2) is 9.47. The average Bonchev–Trinajstić information content (AvgIpc) is 2.72. The number of rotatable bonds is 8. The molecule has 0 heterocycles. The summed E-state index contributed by atoms with van der Waals surface area (Å²) in [5, 5.41) is 0. The molecule has 0 aliphatic rings. The summed E-state index contributed by atoms with van der Waals surface area (Å²) < 4.78 is 37.0. The van der Waals surface area contributed by atoms with E-state index in [1.807, 2.05) is 113 Å². The van der Waals surface area contributed by atoms with Crippen molar-refractivity contribution >= 4 is 20.4 Å². The van der Waals surface area contributed by atoms with Gasteiger partial charge in [-0.25, -0.2) is 0 Å². The third-order valence-corrected chi connectivity index (χ3v) is 10.00. The second-order valence-corrected chi connectivity index (χ2v) is 13.0. The maximum Gasteiger partial charge on any atom is 0.390 e. The number of hydrogen-bond donors (Lipinski definition) is 0. The van der Waals surface area contributed by atoms with Crippen LogP contribution in [0, 0.1) is 0 Å². The molecule has 0 bridgehead atoms. The van der Waals surface area contributed by atoms with E-state index in [4.69, 9.17) is 4.74 Å². The molecular weight excluding hydrogens is 428 g/mol. The Balaban J connectivity index is 2.31. The molecule has 0 fully saturated rings. The van der Waals surface area contributed by atoms with Crippen LogP contribution in [0.1, 0.15) is 34.1 Å². The highest BCUT2D eigenvalue weighted by Gasteiger charge is 2.42. The molecule has 0 saturated heterocycles. The van der Waals surface area contributed by atoms with Crippen molar-refractivity contribution in [1.82, 2.24) is 0 Å². The maximum absolute atomic E-state index is 13.1. The SMILES string of the molecule is CCCS(=O)(=O)[OH+]S(c1ccccc1)(c1ccccc1)c1cccc(OC(C)(C)C)c1. The molecule has 0 saturated carbocycles. The van der Waals surface area contributed by atoms with Crippen LogP contribution in [-0.2, 0) is 10.1 Å². The van der Waals surface area contributed by atoms with E-state index in [9.17, 15) is 8.42 Å². The summed E-state index contributed by atoms with van der Waals surface area (Å²) >= 11 is 0. The van der Waals surface area contributed by atoms with Gasteiger partial charge in [-0.05, 0) is 69.7 Å². The van der Waals surface area contributed by atoms with Gasteiger partial charge in [0.1, 0.15) is 17.1 Å². The normalized spacial score (nSPS) is 13.0. The molecule has 4 nitrogen and oxygen atoms in total. The molecule has 0 radical (unpaired) electrons. The molecule has 6 heteroatoms. The first-order valence-corrected chi connectivity index (χ1v) is 13.6. The highest BCUT2D eigenvalue weighted by atomic mass is 32.3. The Labute approximate surface area is 187 Å². The minimum absolute atomic E-state index is 0.0135. The van der Waals surface area contributed by atoms with E-state index >= 15 is 0 Å². The van der Waals surface area contributed by atoms with Crippen molar-refractivity contribution in [3.05, 3.63) is 84.9 Å². The minimum atomic E-state index is -3.66. The zero-order valence-electron chi connectivity index (χ0n) is 18.5. The average molecular weight is 460 g/mol. The first-order valence-electron chi connectivity index (χ1n) is 10.4. The molecule has 0 unspecified atom stereocenters. The fourth-order valence-electron chi connectivity index (χ4n) is 3.31. The van der Waals surface area contributed by atoms with E-state index < -0.39 is 20.4 Å². The van der Waals surface area contributed by atoms with Crippen LogP contribution in [0.15, 0.2) is 99.6 Å². The fraction of sp³-hybridized carbons (Fsp3) is 0.280. The summed E-state index contributed by atoms with van der Waals surface area (Å²) in [5.41, 5.74) is -0.373. The highest BCUT2D eigenvalue weighted by molar-refractivity contribution is 8.32. The van der Waals surface area contributed by atoms with Gasteiger partial charge in [0.2, 0.25) is 0 Å². The molecule has 0 atom stereocenters. The van der Waals surface area contributed by atoms with E-state index in [1.54, 1.807) is 0 Å². The van der Waals surface area contributed by atoms with Gasteiger partial charge in [-0.1, -0.05) is 49.4 Å². The lowest BCUT2D eigenvalue weighted by Gasteiger charge is -2.35. The summed E-state index contributed by atoms with van der Waals surface area (Å²) in [6.07, 6.45) is 0.512. The van der Waals surface area contributed by atoms with Crippen molar-refractivity contribution in [1.29, 1.82) is 0 Å². The van der Waals surface area contributed by atoms with Crippen molar-refractivity contribution in [2.24, 2.45) is 0 Å². The summed E-state index contributed by atoms with van der Waals surface area (Å²) in [4.78, 5) is 2.56. The Morgan fingerprint density at radius 3 is 1.77 bits per heavy atom. The topological polar surface area (TPSA) is 56.2 Å². The Morgan fingerprint density at radius 1 is 0.774 bits per heavy atom. The van der Waals surface area contributed by atoms with Crippen LogP contribution in [0.3, 0.4) is 0 Å². The molecule has 31 heavy (non-hydrogen) atoms. The van der Waals surface area contributed by atoms with Crippen LogP contribution in [0.25, 0.3) is 0 Å². The summed E-state index contributed by atoms with van der Waals surface area (Å²) in [5.74, 6) is 0.705. The van der Waals surface area contributed by atoms with Gasteiger partial charge in [-0.15, -0.1) is 0 Å². The zero-order chi connectivity index (χ0) is 22.5. The molecule has 0 aliphatic heterocycles. The van der Waals surface area contributed by atoms with Gasteiger partial charge in [-0.2, -0.15) is 8.42 Å². The van der Waals surface area contributed by atoms with Crippen LogP contribution >= 0.6 is 10.3 Å². The Morgan fingerprint density at radius 2 is 1.29 bits per heavy atom. The van der Waals surface area contributed by atoms with E-state index in [0.29, 0.717) is 12.2 Å². The molecule has 3 aromatic carbocycles. The van der Waals surface area contributed by atoms with Gasteiger partial charge in [0, 0.05) is 0 Å². The summed E-state index contributed by atoms with van der Waals surface area (Å²) in [6.45, 7) is 7.83. The standard InChI is InChI=1S/C25H30O4S2/c1-5-19-30(26,27)29-31(22-14-8-6-9-15-22,23-16-10-7-11-17-23)24-18-12-13-21(20-24)28-25(2,3)4/h6-18,20H,5,19H2,1-4H3/p+1. The van der Waals surface area contributed by atoms with E-state index in [0.717, 1.165) is 14.7 Å². The van der Waals surface area contributed by atoms with Gasteiger partial charge >= 0.3 is 10.1 Å². The Kier molecular flexibility index (Phi) is 7.14. The largest absolute Gasteiger partial charge is 0.488 e. The van der Waals surface area contributed by atoms with Crippen LogP contribution in [0.5, 0.6) is 5.75 Å². The van der Waals surface area contributed by atoms with Gasteiger partial charge in [0.05, 0.1) is 25.0 Å². The van der Waals surface area contributed by atoms with E-state index in [-0.39, 0.29) is 11.4 Å². The molecule has 1 N–H and O–H groups in total. The van der Waals surface area contributed by atoms with Crippen molar-refractivity contribution in [2.45, 2.75) is 54.4 Å². The minimum Gasteiger partial charge on any atom is -0.488 e. The lowest BCUT2D eigenvalue weighted by Crippen LogP contribution is -2.23. The first-order chi connectivity index (χ1) is 14.7. The quantitative estimate of drug-likeness (QED) is 0.272. The molecule has 0 spiro atoms. The summed E-state index contributed by atoms with van der Waals surface area (Å²) in [7, 11) is -6.09. The van der Waals surface area contributed by atoms with Crippen LogP contribution < -0.4 is 4.74 Å². The third kappa shape index (κ3) is 5.70. The molecular formula is C25H31O4S2+. The number of ether oxygens (including phenoxy) is 1. The maximum atomic E-state index is 13.1. The predicted octanol–water partition coefficient (Wildman–Crippen LogP) is 6.89. The molecule has 3 aromatic rings. The van der Waals surface area contributed by atoms with E-state index in [2.05, 4.69) is 3.63 Å². The predicted molar refractivity (Wildman–Crippen MR) is 129 cm³/mol. The molecule has 0 aliphatic carbocycles. The van der Waals surface area contributed by atoms with Crippen molar-refractivity contribution in [2.75, 3.05) is 5.75 Å².